The lowest BCUT2D eigenvalue weighted by molar-refractivity contribution is 0.0368. The highest BCUT2D eigenvalue weighted by Crippen LogP contribution is 2.31. The van der Waals surface area contributed by atoms with Crippen molar-refractivity contribution in [3.63, 3.8) is 0 Å². The van der Waals surface area contributed by atoms with Gasteiger partial charge in [-0.1, -0.05) is 18.2 Å². The van der Waals surface area contributed by atoms with Gasteiger partial charge in [-0.25, -0.2) is 0 Å². The Labute approximate surface area is 149 Å². The van der Waals surface area contributed by atoms with Crippen molar-refractivity contribution in [2.45, 2.75) is 38.3 Å². The summed E-state index contributed by atoms with van der Waals surface area (Å²) in [4.78, 5) is 4.52. The molecule has 3 N–H and O–H groups in total. The van der Waals surface area contributed by atoms with E-state index in [4.69, 9.17) is 9.47 Å². The fourth-order valence-electron chi connectivity index (χ4n) is 2.88. The number of nitrogens with one attached hydrogen (secondary N) is 2. The monoisotopic (exact) mass is 347 g/mol. The maximum atomic E-state index is 10.1. The maximum Gasteiger partial charge on any atom is 0.191 e. The van der Waals surface area contributed by atoms with Crippen LogP contribution in [0.15, 0.2) is 29.3 Å². The molecule has 1 aliphatic heterocycles. The number of benzene rings is 1. The molecule has 138 valence electrons. The first kappa shape index (κ1) is 18.0. The zero-order valence-corrected chi connectivity index (χ0v) is 14.9. The van der Waals surface area contributed by atoms with E-state index in [1.54, 1.807) is 0 Å². The zero-order chi connectivity index (χ0) is 17.5. The molecule has 3 rings (SSSR count). The minimum atomic E-state index is -0.573. The summed E-state index contributed by atoms with van der Waals surface area (Å²) in [7, 11) is 0. The lowest BCUT2D eigenvalue weighted by Crippen LogP contribution is -2.41. The number of fused-ring (bicyclic) bond motifs is 1. The van der Waals surface area contributed by atoms with Crippen LogP contribution in [0.4, 0.5) is 0 Å². The van der Waals surface area contributed by atoms with Crippen LogP contribution in [-0.4, -0.2) is 50.1 Å². The Morgan fingerprint density at radius 1 is 1.36 bits per heavy atom. The zero-order valence-electron chi connectivity index (χ0n) is 14.9. The molecule has 1 aromatic rings. The number of aliphatic imine (C=N–C) groups is 1. The quantitative estimate of drug-likeness (QED) is 0.494. The third-order valence-corrected chi connectivity index (χ3v) is 4.43. The van der Waals surface area contributed by atoms with Crippen molar-refractivity contribution >= 4 is 5.96 Å². The molecule has 0 spiro atoms. The van der Waals surface area contributed by atoms with E-state index < -0.39 is 6.10 Å². The molecule has 1 aromatic carbocycles. The van der Waals surface area contributed by atoms with Crippen LogP contribution in [0, 0.1) is 5.92 Å². The lowest BCUT2D eigenvalue weighted by atomic mass is 10.0. The predicted molar refractivity (Wildman–Crippen MR) is 98.0 cm³/mol. The first-order chi connectivity index (χ1) is 12.3. The van der Waals surface area contributed by atoms with Gasteiger partial charge in [-0.2, -0.15) is 0 Å². The van der Waals surface area contributed by atoms with Gasteiger partial charge in [0.2, 0.25) is 0 Å². The van der Waals surface area contributed by atoms with Gasteiger partial charge in [0, 0.05) is 25.1 Å². The highest BCUT2D eigenvalue weighted by molar-refractivity contribution is 5.80. The molecular weight excluding hydrogens is 318 g/mol. The van der Waals surface area contributed by atoms with Crippen molar-refractivity contribution in [3.05, 3.63) is 29.8 Å². The van der Waals surface area contributed by atoms with E-state index >= 15 is 0 Å². The summed E-state index contributed by atoms with van der Waals surface area (Å²) in [6.07, 6.45) is 2.83. The van der Waals surface area contributed by atoms with Crippen LogP contribution in [0.5, 0.6) is 5.75 Å². The second-order valence-electron chi connectivity index (χ2n) is 6.73. The van der Waals surface area contributed by atoms with Crippen LogP contribution in [0.2, 0.25) is 0 Å². The largest absolute Gasteiger partial charge is 0.493 e. The summed E-state index contributed by atoms with van der Waals surface area (Å²) in [5.74, 6) is 2.35. The van der Waals surface area contributed by atoms with Crippen LogP contribution in [-0.2, 0) is 4.74 Å². The fourth-order valence-corrected chi connectivity index (χ4v) is 2.88. The van der Waals surface area contributed by atoms with Crippen molar-refractivity contribution in [1.82, 2.24) is 10.6 Å². The van der Waals surface area contributed by atoms with Crippen molar-refractivity contribution < 1.29 is 14.6 Å². The number of hydrogen-bond acceptors (Lipinski definition) is 4. The van der Waals surface area contributed by atoms with Gasteiger partial charge in [-0.3, -0.25) is 4.99 Å². The van der Waals surface area contributed by atoms with Gasteiger partial charge >= 0.3 is 0 Å². The first-order valence-corrected chi connectivity index (χ1v) is 9.28. The summed E-state index contributed by atoms with van der Waals surface area (Å²) >= 11 is 0. The van der Waals surface area contributed by atoms with Crippen molar-refractivity contribution in [1.29, 1.82) is 0 Å². The van der Waals surface area contributed by atoms with Gasteiger partial charge in [0.1, 0.15) is 5.75 Å². The third kappa shape index (κ3) is 5.61. The number of hydrogen-bond donors (Lipinski definition) is 3. The second kappa shape index (κ2) is 9.06. The standard InChI is InChI=1S/C19H29N3O3/c1-2-20-19(21-11-15(23)13-24-12-14-7-8-14)22-17-9-10-25-18-6-4-3-5-16(17)18/h3-6,14-15,17,23H,2,7-13H2,1H3,(H2,20,21,22). The fraction of sp³-hybridized carbons (Fsp3) is 0.632. The van der Waals surface area contributed by atoms with E-state index in [1.807, 2.05) is 25.1 Å². The summed E-state index contributed by atoms with van der Waals surface area (Å²) < 4.78 is 11.2. The summed E-state index contributed by atoms with van der Waals surface area (Å²) in [5.41, 5.74) is 1.15. The SMILES string of the molecule is CCNC(=NCC(O)COCC1CC1)NC1CCOc2ccccc21. The molecule has 0 saturated heterocycles. The topological polar surface area (TPSA) is 75.1 Å². The second-order valence-corrected chi connectivity index (χ2v) is 6.73. The Balaban J connectivity index is 1.53. The third-order valence-electron chi connectivity index (χ3n) is 4.43. The van der Waals surface area contributed by atoms with Gasteiger partial charge in [0.05, 0.1) is 31.9 Å². The van der Waals surface area contributed by atoms with Crippen molar-refractivity contribution in [2.75, 3.05) is 32.9 Å². The number of para-hydroxylation sites is 1. The molecule has 0 amide bonds. The Morgan fingerprint density at radius 3 is 3.00 bits per heavy atom. The first-order valence-electron chi connectivity index (χ1n) is 9.28. The number of ether oxygens (including phenoxy) is 2. The Hall–Kier alpha value is -1.79. The van der Waals surface area contributed by atoms with Gasteiger partial charge < -0.3 is 25.2 Å². The summed E-state index contributed by atoms with van der Waals surface area (Å²) in [6.45, 7) is 4.92. The van der Waals surface area contributed by atoms with E-state index in [-0.39, 0.29) is 6.04 Å². The number of guanidine groups is 1. The Bertz CT molecular complexity index is 575. The maximum absolute atomic E-state index is 10.1. The molecule has 0 radical (unpaired) electrons. The minimum Gasteiger partial charge on any atom is -0.493 e. The molecule has 1 aliphatic carbocycles. The molecule has 0 aromatic heterocycles. The van der Waals surface area contributed by atoms with E-state index in [0.717, 1.165) is 30.9 Å². The van der Waals surface area contributed by atoms with E-state index in [1.165, 1.54) is 12.8 Å². The molecule has 2 aliphatic rings. The molecule has 2 unspecified atom stereocenters. The average molecular weight is 347 g/mol. The Morgan fingerprint density at radius 2 is 2.20 bits per heavy atom. The number of nitrogens with zero attached hydrogens (tertiary/aromatic N) is 1. The number of aliphatic hydroxyl groups excluding tert-OH is 1. The van der Waals surface area contributed by atoms with Gasteiger partial charge in [0.15, 0.2) is 5.96 Å². The van der Waals surface area contributed by atoms with Gasteiger partial charge in [0.25, 0.3) is 0 Å². The van der Waals surface area contributed by atoms with Crippen molar-refractivity contribution in [2.24, 2.45) is 10.9 Å². The molecule has 2 atom stereocenters. The number of aliphatic hydroxyl groups is 1. The molecule has 0 bridgehead atoms. The Kier molecular flexibility index (Phi) is 6.53. The lowest BCUT2D eigenvalue weighted by Gasteiger charge is -2.28. The molecule has 6 nitrogen and oxygen atoms in total. The summed E-state index contributed by atoms with van der Waals surface area (Å²) in [5, 5.41) is 16.8. The van der Waals surface area contributed by atoms with Gasteiger partial charge in [-0.05, 0) is 31.7 Å². The van der Waals surface area contributed by atoms with Crippen LogP contribution in [0.25, 0.3) is 0 Å². The normalized spacial score (nSPS) is 21.2. The molecule has 1 saturated carbocycles. The highest BCUT2D eigenvalue weighted by atomic mass is 16.5. The van der Waals surface area contributed by atoms with E-state index in [2.05, 4.69) is 21.7 Å². The molecule has 25 heavy (non-hydrogen) atoms. The highest BCUT2D eigenvalue weighted by Gasteiger charge is 2.23. The van der Waals surface area contributed by atoms with E-state index in [9.17, 15) is 5.11 Å². The molecule has 1 fully saturated rings. The van der Waals surface area contributed by atoms with E-state index in [0.29, 0.717) is 31.6 Å². The molecule has 6 heteroatoms. The van der Waals surface area contributed by atoms with Crippen molar-refractivity contribution in [3.8, 4) is 5.75 Å². The number of rotatable bonds is 8. The molecular formula is C19H29N3O3. The van der Waals surface area contributed by atoms with Crippen LogP contribution in [0.3, 0.4) is 0 Å². The average Bonchev–Trinajstić information content (AvgIpc) is 3.44. The van der Waals surface area contributed by atoms with Gasteiger partial charge in [-0.15, -0.1) is 0 Å². The summed E-state index contributed by atoms with van der Waals surface area (Å²) in [6, 6.07) is 8.24. The predicted octanol–water partition coefficient (Wildman–Crippen LogP) is 1.85. The minimum absolute atomic E-state index is 0.158. The van der Waals surface area contributed by atoms with Crippen LogP contribution >= 0.6 is 0 Å². The van der Waals surface area contributed by atoms with Crippen LogP contribution < -0.4 is 15.4 Å². The smallest absolute Gasteiger partial charge is 0.191 e. The molecule has 1 heterocycles. The van der Waals surface area contributed by atoms with Crippen LogP contribution in [0.1, 0.15) is 37.8 Å².